The fourth-order valence-electron chi connectivity index (χ4n) is 4.04. The van der Waals surface area contributed by atoms with Gasteiger partial charge in [-0.25, -0.2) is 0 Å². The van der Waals surface area contributed by atoms with E-state index in [9.17, 15) is 10.2 Å². The van der Waals surface area contributed by atoms with Crippen molar-refractivity contribution in [3.63, 3.8) is 0 Å². The molecule has 1 fully saturated rings. The molecule has 4 nitrogen and oxygen atoms in total. The standard InChI is InChI=1S/C20H31NO3/c1-19(2,3)21-12-14(22)13-24-17-10-7-9-16-18(17)15-8-5-4-6-11-20(15,16)23/h7,9-10,14-15,21-23H,4-6,8,11-13H2,1-3H3/t14?,15-,20+/m0/s1. The molecule has 0 amide bonds. The summed E-state index contributed by atoms with van der Waals surface area (Å²) in [7, 11) is 0. The summed E-state index contributed by atoms with van der Waals surface area (Å²) in [5.74, 6) is 1.02. The van der Waals surface area contributed by atoms with Crippen LogP contribution in [0.25, 0.3) is 0 Å². The molecule has 1 unspecified atom stereocenters. The molecule has 0 aromatic heterocycles. The molecule has 3 atom stereocenters. The molecule has 0 bridgehead atoms. The number of hydrogen-bond acceptors (Lipinski definition) is 4. The Morgan fingerprint density at radius 1 is 1.29 bits per heavy atom. The quantitative estimate of drug-likeness (QED) is 0.775. The van der Waals surface area contributed by atoms with Crippen LogP contribution in [0.5, 0.6) is 5.75 Å². The van der Waals surface area contributed by atoms with Gasteiger partial charge in [-0.15, -0.1) is 0 Å². The van der Waals surface area contributed by atoms with Crippen molar-refractivity contribution in [1.82, 2.24) is 5.32 Å². The highest BCUT2D eigenvalue weighted by atomic mass is 16.5. The zero-order valence-corrected chi connectivity index (χ0v) is 15.1. The Morgan fingerprint density at radius 2 is 2.08 bits per heavy atom. The number of aliphatic hydroxyl groups is 2. The summed E-state index contributed by atoms with van der Waals surface area (Å²) >= 11 is 0. The van der Waals surface area contributed by atoms with E-state index in [1.165, 1.54) is 12.8 Å². The van der Waals surface area contributed by atoms with Crippen LogP contribution in [0.3, 0.4) is 0 Å². The molecule has 134 valence electrons. The monoisotopic (exact) mass is 333 g/mol. The van der Waals surface area contributed by atoms with E-state index >= 15 is 0 Å². The largest absolute Gasteiger partial charge is 0.491 e. The highest BCUT2D eigenvalue weighted by Crippen LogP contribution is 2.59. The molecule has 1 saturated carbocycles. The van der Waals surface area contributed by atoms with Gasteiger partial charge in [-0.1, -0.05) is 31.4 Å². The number of benzene rings is 1. The number of ether oxygens (including phenoxy) is 1. The van der Waals surface area contributed by atoms with Crippen LogP contribution in [0.15, 0.2) is 18.2 Å². The summed E-state index contributed by atoms with van der Waals surface area (Å²) in [5, 5.41) is 24.5. The zero-order valence-electron chi connectivity index (χ0n) is 15.1. The molecule has 1 aromatic rings. The fraction of sp³-hybridized carbons (Fsp3) is 0.700. The SMILES string of the molecule is CC(C)(C)NCC(O)COc1cccc2c1[C@@H]1CCCCC[C@]21O. The number of hydrogen-bond donors (Lipinski definition) is 3. The van der Waals surface area contributed by atoms with Gasteiger partial charge in [-0.05, 0) is 45.2 Å². The molecule has 3 rings (SSSR count). The van der Waals surface area contributed by atoms with Crippen LogP contribution < -0.4 is 10.1 Å². The first-order chi connectivity index (χ1) is 11.3. The minimum Gasteiger partial charge on any atom is -0.491 e. The van der Waals surface area contributed by atoms with E-state index in [2.05, 4.69) is 26.1 Å². The van der Waals surface area contributed by atoms with Gasteiger partial charge in [0.05, 0.1) is 5.60 Å². The van der Waals surface area contributed by atoms with Crippen LogP contribution in [0.1, 0.15) is 69.9 Å². The average molecular weight is 333 g/mol. The lowest BCUT2D eigenvalue weighted by atomic mass is 9.61. The third-order valence-electron chi connectivity index (χ3n) is 5.31. The molecule has 24 heavy (non-hydrogen) atoms. The third kappa shape index (κ3) is 3.46. The van der Waals surface area contributed by atoms with Crippen molar-refractivity contribution in [1.29, 1.82) is 0 Å². The summed E-state index contributed by atoms with van der Waals surface area (Å²) < 4.78 is 5.93. The van der Waals surface area contributed by atoms with Crippen molar-refractivity contribution >= 4 is 0 Å². The maximum absolute atomic E-state index is 11.0. The summed E-state index contributed by atoms with van der Waals surface area (Å²) in [6.45, 7) is 7.00. The number of rotatable bonds is 5. The van der Waals surface area contributed by atoms with Gasteiger partial charge in [0.15, 0.2) is 0 Å². The first kappa shape index (κ1) is 17.7. The van der Waals surface area contributed by atoms with Gasteiger partial charge in [0, 0.05) is 23.6 Å². The lowest BCUT2D eigenvalue weighted by Crippen LogP contribution is -2.44. The highest BCUT2D eigenvalue weighted by molar-refractivity contribution is 5.55. The molecule has 0 aliphatic heterocycles. The molecule has 0 spiro atoms. The Balaban J connectivity index is 1.66. The van der Waals surface area contributed by atoms with Gasteiger partial charge in [0.25, 0.3) is 0 Å². The van der Waals surface area contributed by atoms with E-state index in [0.29, 0.717) is 6.54 Å². The van der Waals surface area contributed by atoms with E-state index in [1.54, 1.807) is 0 Å². The fourth-order valence-corrected chi connectivity index (χ4v) is 4.04. The molecule has 0 heterocycles. The Bertz CT molecular complexity index is 581. The predicted octanol–water partition coefficient (Wildman–Crippen LogP) is 3.06. The van der Waals surface area contributed by atoms with Gasteiger partial charge in [-0.2, -0.15) is 0 Å². The maximum Gasteiger partial charge on any atom is 0.123 e. The van der Waals surface area contributed by atoms with E-state index in [1.807, 2.05) is 18.2 Å². The maximum atomic E-state index is 11.0. The highest BCUT2D eigenvalue weighted by Gasteiger charge is 2.52. The lowest BCUT2D eigenvalue weighted by Gasteiger charge is -2.47. The molecule has 0 radical (unpaired) electrons. The molecule has 4 heteroatoms. The molecule has 3 N–H and O–H groups in total. The van der Waals surface area contributed by atoms with Crippen molar-refractivity contribution < 1.29 is 14.9 Å². The van der Waals surface area contributed by atoms with Crippen molar-refractivity contribution in [2.75, 3.05) is 13.2 Å². The molecule has 1 aromatic carbocycles. The normalized spacial score (nSPS) is 27.5. The van der Waals surface area contributed by atoms with Crippen LogP contribution in [-0.2, 0) is 5.60 Å². The number of β-amino-alcohol motifs (C(OH)–C–C–N with tert-alkyl or cyclic N) is 1. The molecule has 0 saturated heterocycles. The van der Waals surface area contributed by atoms with Crippen LogP contribution in [0.4, 0.5) is 0 Å². The lowest BCUT2D eigenvalue weighted by molar-refractivity contribution is -0.0291. The summed E-state index contributed by atoms with van der Waals surface area (Å²) in [5.41, 5.74) is 1.53. The van der Waals surface area contributed by atoms with E-state index in [0.717, 1.165) is 36.1 Å². The molecule has 2 aliphatic rings. The van der Waals surface area contributed by atoms with Crippen molar-refractivity contribution in [3.05, 3.63) is 29.3 Å². The zero-order chi connectivity index (χ0) is 17.4. The second-order valence-electron chi connectivity index (χ2n) is 8.39. The number of aliphatic hydroxyl groups excluding tert-OH is 1. The first-order valence-corrected chi connectivity index (χ1v) is 9.23. The van der Waals surface area contributed by atoms with Gasteiger partial charge in [0.2, 0.25) is 0 Å². The molecular formula is C20H31NO3. The Hall–Kier alpha value is -1.10. The van der Waals surface area contributed by atoms with Crippen molar-refractivity contribution in [2.24, 2.45) is 0 Å². The Morgan fingerprint density at radius 3 is 2.83 bits per heavy atom. The first-order valence-electron chi connectivity index (χ1n) is 9.23. The third-order valence-corrected chi connectivity index (χ3v) is 5.31. The second-order valence-corrected chi connectivity index (χ2v) is 8.39. The molecular weight excluding hydrogens is 302 g/mol. The topological polar surface area (TPSA) is 61.7 Å². The number of nitrogens with one attached hydrogen (secondary N) is 1. The number of fused-ring (bicyclic) bond motifs is 4. The Labute approximate surface area is 145 Å². The summed E-state index contributed by atoms with van der Waals surface area (Å²) in [6.07, 6.45) is 4.78. The van der Waals surface area contributed by atoms with E-state index < -0.39 is 11.7 Å². The van der Waals surface area contributed by atoms with Crippen molar-refractivity contribution in [3.8, 4) is 5.75 Å². The van der Waals surface area contributed by atoms with Gasteiger partial charge in [-0.3, -0.25) is 0 Å². The van der Waals surface area contributed by atoms with E-state index in [4.69, 9.17) is 4.74 Å². The van der Waals surface area contributed by atoms with Crippen LogP contribution in [-0.4, -0.2) is 35.0 Å². The van der Waals surface area contributed by atoms with Crippen LogP contribution >= 0.6 is 0 Å². The van der Waals surface area contributed by atoms with Crippen LogP contribution in [0.2, 0.25) is 0 Å². The Kier molecular flexibility index (Phi) is 4.92. The molecule has 2 aliphatic carbocycles. The second kappa shape index (κ2) is 6.66. The minimum absolute atomic E-state index is 0.0195. The van der Waals surface area contributed by atoms with Crippen molar-refractivity contribution in [2.45, 2.75) is 76.0 Å². The smallest absolute Gasteiger partial charge is 0.123 e. The minimum atomic E-state index is -0.655. The predicted molar refractivity (Wildman–Crippen MR) is 95.4 cm³/mol. The van der Waals surface area contributed by atoms with Gasteiger partial charge in [0.1, 0.15) is 18.5 Å². The van der Waals surface area contributed by atoms with Crippen LogP contribution in [0, 0.1) is 0 Å². The van der Waals surface area contributed by atoms with Gasteiger partial charge < -0.3 is 20.3 Å². The van der Waals surface area contributed by atoms with E-state index in [-0.39, 0.29) is 18.1 Å². The van der Waals surface area contributed by atoms with Gasteiger partial charge >= 0.3 is 0 Å². The average Bonchev–Trinajstić information content (AvgIpc) is 2.68. The summed E-state index contributed by atoms with van der Waals surface area (Å²) in [6, 6.07) is 5.95. The summed E-state index contributed by atoms with van der Waals surface area (Å²) in [4.78, 5) is 0.